The van der Waals surface area contributed by atoms with Gasteiger partial charge in [0.1, 0.15) is 6.10 Å². The number of carbonyl (C=O) groups excluding carboxylic acids is 1. The maximum Gasteiger partial charge on any atom is 0.253 e. The minimum absolute atomic E-state index is 0.0640. The molecule has 2 aromatic carbocycles. The molecule has 1 unspecified atom stereocenters. The number of nitrogens with one attached hydrogen (secondary N) is 2. The second-order valence-electron chi connectivity index (χ2n) is 6.81. The van der Waals surface area contributed by atoms with Crippen molar-refractivity contribution in [1.82, 2.24) is 0 Å². The van der Waals surface area contributed by atoms with Crippen LogP contribution in [0.1, 0.15) is 12.8 Å². The number of ether oxygens (including phenoxy) is 2. The average Bonchev–Trinajstić information content (AvgIpc) is 3.26. The zero-order valence-electron chi connectivity index (χ0n) is 15.3. The summed E-state index contributed by atoms with van der Waals surface area (Å²) in [6, 6.07) is 16.1. The summed E-state index contributed by atoms with van der Waals surface area (Å²) in [4.78, 5) is 14.5. The van der Waals surface area contributed by atoms with Gasteiger partial charge in [0.2, 0.25) is 0 Å². The number of nitrogens with zero attached hydrogens (tertiary/aromatic N) is 1. The Morgan fingerprint density at radius 2 is 1.70 bits per heavy atom. The summed E-state index contributed by atoms with van der Waals surface area (Å²) in [6.45, 7) is 3.98. The third-order valence-electron chi connectivity index (χ3n) is 4.91. The van der Waals surface area contributed by atoms with Gasteiger partial charge in [-0.2, -0.15) is 0 Å². The molecular weight excluding hydrogens is 342 g/mol. The minimum Gasteiger partial charge on any atom is -0.378 e. The molecule has 6 nitrogen and oxygen atoms in total. The molecular formula is C21H25N3O3. The Morgan fingerprint density at radius 3 is 2.44 bits per heavy atom. The van der Waals surface area contributed by atoms with Crippen LogP contribution in [0.2, 0.25) is 0 Å². The second-order valence-corrected chi connectivity index (χ2v) is 6.81. The van der Waals surface area contributed by atoms with Crippen molar-refractivity contribution in [2.45, 2.75) is 18.9 Å². The Kier molecular flexibility index (Phi) is 5.55. The zero-order valence-corrected chi connectivity index (χ0v) is 15.3. The van der Waals surface area contributed by atoms with Gasteiger partial charge in [0.05, 0.1) is 24.6 Å². The van der Waals surface area contributed by atoms with Crippen LogP contribution >= 0.6 is 0 Å². The van der Waals surface area contributed by atoms with Gasteiger partial charge in [-0.3, -0.25) is 4.79 Å². The van der Waals surface area contributed by atoms with Gasteiger partial charge in [-0.25, -0.2) is 0 Å². The first-order valence-electron chi connectivity index (χ1n) is 9.51. The van der Waals surface area contributed by atoms with Gasteiger partial charge < -0.3 is 25.0 Å². The van der Waals surface area contributed by atoms with E-state index in [4.69, 9.17) is 9.47 Å². The van der Waals surface area contributed by atoms with Crippen molar-refractivity contribution in [2.75, 3.05) is 48.4 Å². The third kappa shape index (κ3) is 4.40. The van der Waals surface area contributed by atoms with Crippen LogP contribution in [0.5, 0.6) is 0 Å². The predicted octanol–water partition coefficient (Wildman–Crippen LogP) is 3.38. The molecule has 0 aliphatic carbocycles. The highest BCUT2D eigenvalue weighted by Crippen LogP contribution is 2.29. The molecule has 0 aromatic heterocycles. The summed E-state index contributed by atoms with van der Waals surface area (Å²) in [7, 11) is 0. The molecule has 0 radical (unpaired) electrons. The predicted molar refractivity (Wildman–Crippen MR) is 107 cm³/mol. The van der Waals surface area contributed by atoms with Gasteiger partial charge >= 0.3 is 0 Å². The fourth-order valence-electron chi connectivity index (χ4n) is 3.46. The number of carbonyl (C=O) groups is 1. The Hall–Kier alpha value is -2.57. The van der Waals surface area contributed by atoms with E-state index in [1.807, 2.05) is 30.3 Å². The largest absolute Gasteiger partial charge is 0.378 e. The number of rotatable bonds is 5. The summed E-state index contributed by atoms with van der Waals surface area (Å²) in [6.07, 6.45) is 1.43. The molecule has 2 heterocycles. The summed E-state index contributed by atoms with van der Waals surface area (Å²) in [5.74, 6) is -0.0640. The van der Waals surface area contributed by atoms with Crippen LogP contribution < -0.4 is 15.5 Å². The first-order valence-corrected chi connectivity index (χ1v) is 9.51. The zero-order chi connectivity index (χ0) is 18.5. The number of morpholine rings is 1. The molecule has 142 valence electrons. The first kappa shape index (κ1) is 17.8. The van der Waals surface area contributed by atoms with Crippen molar-refractivity contribution in [3.8, 4) is 0 Å². The standard InChI is InChI=1S/C21H25N3O3/c25-21(20-6-3-13-27-20)23-17-9-7-16(8-10-17)22-18-4-1-2-5-19(18)24-11-14-26-15-12-24/h1-2,4-5,7-10,20,22H,3,6,11-15H2,(H,23,25). The summed E-state index contributed by atoms with van der Waals surface area (Å²) < 4.78 is 10.9. The lowest BCUT2D eigenvalue weighted by Crippen LogP contribution is -2.36. The highest BCUT2D eigenvalue weighted by atomic mass is 16.5. The van der Waals surface area contributed by atoms with Gasteiger partial charge in [0, 0.05) is 31.1 Å². The molecule has 0 bridgehead atoms. The Balaban J connectivity index is 1.42. The van der Waals surface area contributed by atoms with E-state index in [0.717, 1.165) is 56.2 Å². The van der Waals surface area contributed by atoms with E-state index in [2.05, 4.69) is 33.7 Å². The molecule has 2 fully saturated rings. The number of amides is 1. The molecule has 1 atom stereocenters. The summed E-state index contributed by atoms with van der Waals surface area (Å²) in [5, 5.41) is 6.41. The van der Waals surface area contributed by atoms with E-state index < -0.39 is 0 Å². The quantitative estimate of drug-likeness (QED) is 0.848. The first-order chi connectivity index (χ1) is 13.3. The van der Waals surface area contributed by atoms with Crippen LogP contribution in [0.4, 0.5) is 22.7 Å². The lowest BCUT2D eigenvalue weighted by Gasteiger charge is -2.30. The van der Waals surface area contributed by atoms with Crippen LogP contribution in [0, 0.1) is 0 Å². The third-order valence-corrected chi connectivity index (χ3v) is 4.91. The second kappa shape index (κ2) is 8.41. The molecule has 6 heteroatoms. The Labute approximate surface area is 159 Å². The maximum absolute atomic E-state index is 12.1. The molecule has 2 aliphatic heterocycles. The van der Waals surface area contributed by atoms with Gasteiger partial charge in [-0.05, 0) is 49.2 Å². The monoisotopic (exact) mass is 367 g/mol. The number of anilines is 4. The summed E-state index contributed by atoms with van der Waals surface area (Å²) >= 11 is 0. The van der Waals surface area contributed by atoms with Crippen molar-refractivity contribution in [3.05, 3.63) is 48.5 Å². The van der Waals surface area contributed by atoms with Crippen LogP contribution in [-0.4, -0.2) is 44.9 Å². The van der Waals surface area contributed by atoms with Crippen molar-refractivity contribution < 1.29 is 14.3 Å². The van der Waals surface area contributed by atoms with Gasteiger partial charge in [-0.1, -0.05) is 12.1 Å². The molecule has 2 saturated heterocycles. The molecule has 2 N–H and O–H groups in total. The topological polar surface area (TPSA) is 62.8 Å². The van der Waals surface area contributed by atoms with E-state index >= 15 is 0 Å². The fourth-order valence-corrected chi connectivity index (χ4v) is 3.46. The SMILES string of the molecule is O=C(Nc1ccc(Nc2ccccc2N2CCOCC2)cc1)C1CCCO1. The molecule has 2 aromatic rings. The van der Waals surface area contributed by atoms with E-state index in [-0.39, 0.29) is 12.0 Å². The van der Waals surface area contributed by atoms with Crippen molar-refractivity contribution in [3.63, 3.8) is 0 Å². The van der Waals surface area contributed by atoms with Gasteiger partial charge in [-0.15, -0.1) is 0 Å². The maximum atomic E-state index is 12.1. The van der Waals surface area contributed by atoms with Crippen LogP contribution in [0.3, 0.4) is 0 Å². The van der Waals surface area contributed by atoms with Crippen LogP contribution in [0.25, 0.3) is 0 Å². The van der Waals surface area contributed by atoms with Gasteiger partial charge in [0.15, 0.2) is 0 Å². The average molecular weight is 367 g/mol. The van der Waals surface area contributed by atoms with Crippen LogP contribution in [0.15, 0.2) is 48.5 Å². The summed E-state index contributed by atoms with van der Waals surface area (Å²) in [5.41, 5.74) is 4.00. The number of hydrogen-bond donors (Lipinski definition) is 2. The lowest BCUT2D eigenvalue weighted by molar-refractivity contribution is -0.124. The highest BCUT2D eigenvalue weighted by Gasteiger charge is 2.23. The Morgan fingerprint density at radius 1 is 0.963 bits per heavy atom. The molecule has 2 aliphatic rings. The van der Waals surface area contributed by atoms with Crippen molar-refractivity contribution >= 4 is 28.7 Å². The Bertz CT molecular complexity index is 766. The molecule has 0 saturated carbocycles. The van der Waals surface area contributed by atoms with E-state index in [9.17, 15) is 4.79 Å². The lowest BCUT2D eigenvalue weighted by atomic mass is 10.2. The molecule has 27 heavy (non-hydrogen) atoms. The molecule has 1 amide bonds. The number of benzene rings is 2. The van der Waals surface area contributed by atoms with Crippen molar-refractivity contribution in [1.29, 1.82) is 0 Å². The van der Waals surface area contributed by atoms with Crippen LogP contribution in [-0.2, 0) is 14.3 Å². The van der Waals surface area contributed by atoms with E-state index in [1.165, 1.54) is 5.69 Å². The fraction of sp³-hybridized carbons (Fsp3) is 0.381. The number of para-hydroxylation sites is 2. The number of hydrogen-bond acceptors (Lipinski definition) is 5. The molecule has 4 rings (SSSR count). The normalized spacial score (nSPS) is 19.7. The van der Waals surface area contributed by atoms with Gasteiger partial charge in [0.25, 0.3) is 5.91 Å². The van der Waals surface area contributed by atoms with Crippen molar-refractivity contribution in [2.24, 2.45) is 0 Å². The highest BCUT2D eigenvalue weighted by molar-refractivity contribution is 5.94. The minimum atomic E-state index is -0.316. The smallest absolute Gasteiger partial charge is 0.253 e. The van der Waals surface area contributed by atoms with E-state index in [1.54, 1.807) is 0 Å². The molecule has 0 spiro atoms. The van der Waals surface area contributed by atoms with E-state index in [0.29, 0.717) is 6.61 Å².